The Morgan fingerprint density at radius 1 is 1.15 bits per heavy atom. The molecule has 0 aliphatic rings. The van der Waals surface area contributed by atoms with E-state index in [4.69, 9.17) is 0 Å². The van der Waals surface area contributed by atoms with Gasteiger partial charge in [0.1, 0.15) is 11.3 Å². The Morgan fingerprint density at radius 2 is 2.00 bits per heavy atom. The van der Waals surface area contributed by atoms with Crippen molar-refractivity contribution in [2.75, 3.05) is 18.4 Å². The molecule has 0 spiro atoms. The monoisotopic (exact) mass is 350 g/mol. The van der Waals surface area contributed by atoms with Gasteiger partial charge in [-0.05, 0) is 49.6 Å². The van der Waals surface area contributed by atoms with Crippen LogP contribution >= 0.6 is 0 Å². The summed E-state index contributed by atoms with van der Waals surface area (Å²) < 4.78 is 0. The molecule has 134 valence electrons. The summed E-state index contributed by atoms with van der Waals surface area (Å²) in [5.74, 6) is 1.38. The summed E-state index contributed by atoms with van der Waals surface area (Å²) in [6, 6.07) is 8.13. The number of benzene rings is 1. The highest BCUT2D eigenvalue weighted by molar-refractivity contribution is 5.87. The molecule has 26 heavy (non-hydrogen) atoms. The van der Waals surface area contributed by atoms with Crippen LogP contribution in [0.4, 0.5) is 11.5 Å². The van der Waals surface area contributed by atoms with Gasteiger partial charge in [-0.1, -0.05) is 17.3 Å². The van der Waals surface area contributed by atoms with E-state index in [1.54, 1.807) is 6.20 Å². The van der Waals surface area contributed by atoms with E-state index in [0.717, 1.165) is 22.3 Å². The number of hydrogen-bond acceptors (Lipinski definition) is 7. The average Bonchev–Trinajstić information content (AvgIpc) is 2.62. The van der Waals surface area contributed by atoms with E-state index < -0.39 is 0 Å². The van der Waals surface area contributed by atoms with E-state index in [9.17, 15) is 4.91 Å². The van der Waals surface area contributed by atoms with Crippen molar-refractivity contribution in [2.24, 2.45) is 5.18 Å². The molecular formula is C19H22N6O. The molecule has 3 rings (SSSR count). The fourth-order valence-electron chi connectivity index (χ4n) is 2.73. The Bertz CT molecular complexity index is 941. The number of fused-ring (bicyclic) bond motifs is 1. The number of anilines is 2. The molecule has 1 aromatic carbocycles. The second-order valence-corrected chi connectivity index (χ2v) is 6.23. The SMILES string of the molecule is Cc1nc(Nc2cccc(C)c2C)c2ncc(CNCCN=O)cc2n1. The molecule has 2 heterocycles. The minimum absolute atomic E-state index is 0.256. The Labute approximate surface area is 152 Å². The molecule has 0 fully saturated rings. The van der Waals surface area contributed by atoms with Gasteiger partial charge in [0.15, 0.2) is 5.82 Å². The van der Waals surface area contributed by atoms with Crippen LogP contribution in [-0.2, 0) is 6.54 Å². The normalized spacial score (nSPS) is 10.9. The van der Waals surface area contributed by atoms with Gasteiger partial charge >= 0.3 is 0 Å². The maximum Gasteiger partial charge on any atom is 0.160 e. The first-order chi connectivity index (χ1) is 12.6. The van der Waals surface area contributed by atoms with Gasteiger partial charge in [0, 0.05) is 25.0 Å². The highest BCUT2D eigenvalue weighted by Gasteiger charge is 2.10. The molecule has 0 aliphatic carbocycles. The summed E-state index contributed by atoms with van der Waals surface area (Å²) in [6.07, 6.45) is 1.80. The Morgan fingerprint density at radius 3 is 2.81 bits per heavy atom. The number of pyridine rings is 1. The first kappa shape index (κ1) is 17.9. The van der Waals surface area contributed by atoms with Crippen LogP contribution in [0.1, 0.15) is 22.5 Å². The van der Waals surface area contributed by atoms with Crippen molar-refractivity contribution in [3.63, 3.8) is 0 Å². The van der Waals surface area contributed by atoms with Crippen LogP contribution in [0.2, 0.25) is 0 Å². The molecule has 0 unspecified atom stereocenters. The molecule has 0 radical (unpaired) electrons. The van der Waals surface area contributed by atoms with Gasteiger partial charge in [0.25, 0.3) is 0 Å². The van der Waals surface area contributed by atoms with Crippen molar-refractivity contribution in [3.05, 3.63) is 57.9 Å². The number of nitrogens with zero attached hydrogens (tertiary/aromatic N) is 4. The van der Waals surface area contributed by atoms with Gasteiger partial charge in [0.2, 0.25) is 0 Å². The number of aryl methyl sites for hydroxylation is 2. The van der Waals surface area contributed by atoms with Crippen molar-refractivity contribution < 1.29 is 0 Å². The highest BCUT2D eigenvalue weighted by atomic mass is 16.3. The van der Waals surface area contributed by atoms with E-state index in [1.165, 1.54) is 11.1 Å². The van der Waals surface area contributed by atoms with Gasteiger partial charge in [-0.3, -0.25) is 4.98 Å². The van der Waals surface area contributed by atoms with Gasteiger partial charge in [-0.25, -0.2) is 9.97 Å². The summed E-state index contributed by atoms with van der Waals surface area (Å²) in [7, 11) is 0. The molecule has 7 heteroatoms. The average molecular weight is 350 g/mol. The minimum atomic E-state index is 0.256. The molecule has 2 aromatic heterocycles. The second kappa shape index (κ2) is 7.97. The minimum Gasteiger partial charge on any atom is -0.338 e. The Balaban J connectivity index is 1.91. The quantitative estimate of drug-likeness (QED) is 0.500. The van der Waals surface area contributed by atoms with E-state index >= 15 is 0 Å². The van der Waals surface area contributed by atoms with Crippen LogP contribution in [0.3, 0.4) is 0 Å². The fraction of sp³-hybridized carbons (Fsp3) is 0.316. The number of rotatable bonds is 7. The van der Waals surface area contributed by atoms with Crippen molar-refractivity contribution in [3.8, 4) is 0 Å². The van der Waals surface area contributed by atoms with Gasteiger partial charge in [-0.15, -0.1) is 0 Å². The first-order valence-electron chi connectivity index (χ1n) is 8.55. The molecular weight excluding hydrogens is 328 g/mol. The van der Waals surface area contributed by atoms with Crippen LogP contribution < -0.4 is 10.6 Å². The summed E-state index contributed by atoms with van der Waals surface area (Å²) in [4.78, 5) is 23.7. The topological polar surface area (TPSA) is 92.2 Å². The molecule has 2 N–H and O–H groups in total. The van der Waals surface area contributed by atoms with Crippen LogP contribution in [0, 0.1) is 25.7 Å². The van der Waals surface area contributed by atoms with Gasteiger partial charge < -0.3 is 10.6 Å². The smallest absolute Gasteiger partial charge is 0.160 e. The molecule has 0 atom stereocenters. The highest BCUT2D eigenvalue weighted by Crippen LogP contribution is 2.26. The zero-order valence-electron chi connectivity index (χ0n) is 15.2. The van der Waals surface area contributed by atoms with E-state index in [0.29, 0.717) is 24.7 Å². The lowest BCUT2D eigenvalue weighted by Gasteiger charge is -2.13. The number of nitroso groups, excluding NO2 is 1. The fourth-order valence-corrected chi connectivity index (χ4v) is 2.73. The van der Waals surface area contributed by atoms with Crippen molar-refractivity contribution in [1.82, 2.24) is 20.3 Å². The zero-order valence-corrected chi connectivity index (χ0v) is 15.2. The predicted octanol–water partition coefficient (Wildman–Crippen LogP) is 3.55. The van der Waals surface area contributed by atoms with Crippen LogP contribution in [0.25, 0.3) is 11.0 Å². The second-order valence-electron chi connectivity index (χ2n) is 6.23. The molecule has 0 saturated heterocycles. The predicted molar refractivity (Wildman–Crippen MR) is 104 cm³/mol. The van der Waals surface area contributed by atoms with E-state index in [2.05, 4.69) is 50.7 Å². The molecule has 0 amide bonds. The van der Waals surface area contributed by atoms with Gasteiger partial charge in [-0.2, -0.15) is 4.91 Å². The number of aromatic nitrogens is 3. The third kappa shape index (κ3) is 4.00. The molecule has 0 saturated carbocycles. The standard InChI is InChI=1S/C19H22N6O/c1-12-5-4-6-16(13(12)2)25-19-18-17(23-14(3)24-19)9-15(11-21-18)10-20-7-8-22-26/h4-6,9,11,20H,7-8,10H2,1-3H3,(H,23,24,25). The van der Waals surface area contributed by atoms with E-state index in [-0.39, 0.29) is 6.54 Å². The maximum atomic E-state index is 10.1. The lowest BCUT2D eigenvalue weighted by molar-refractivity contribution is 0.693. The number of hydrogen-bond donors (Lipinski definition) is 2. The summed E-state index contributed by atoms with van der Waals surface area (Å²) in [6.45, 7) is 7.45. The van der Waals surface area contributed by atoms with Crippen LogP contribution in [0.15, 0.2) is 35.6 Å². The van der Waals surface area contributed by atoms with Crippen molar-refractivity contribution >= 4 is 22.5 Å². The largest absolute Gasteiger partial charge is 0.338 e. The number of nitrogens with one attached hydrogen (secondary N) is 2. The lowest BCUT2D eigenvalue weighted by atomic mass is 10.1. The third-order valence-corrected chi connectivity index (χ3v) is 4.27. The molecule has 3 aromatic rings. The van der Waals surface area contributed by atoms with Crippen molar-refractivity contribution in [2.45, 2.75) is 27.3 Å². The Kier molecular flexibility index (Phi) is 5.48. The first-order valence-corrected chi connectivity index (χ1v) is 8.55. The Hall–Kier alpha value is -2.93. The summed E-state index contributed by atoms with van der Waals surface area (Å²) in [5.41, 5.74) is 5.93. The molecule has 7 nitrogen and oxygen atoms in total. The third-order valence-electron chi connectivity index (χ3n) is 4.27. The van der Waals surface area contributed by atoms with Crippen LogP contribution in [-0.4, -0.2) is 28.0 Å². The van der Waals surface area contributed by atoms with Crippen LogP contribution in [0.5, 0.6) is 0 Å². The zero-order chi connectivity index (χ0) is 18.5. The lowest BCUT2D eigenvalue weighted by Crippen LogP contribution is -2.17. The summed E-state index contributed by atoms with van der Waals surface area (Å²) >= 11 is 0. The van der Waals surface area contributed by atoms with E-state index in [1.807, 2.05) is 25.1 Å². The molecule has 0 aliphatic heterocycles. The van der Waals surface area contributed by atoms with Gasteiger partial charge in [0.05, 0.1) is 12.1 Å². The maximum absolute atomic E-state index is 10.1. The van der Waals surface area contributed by atoms with Crippen molar-refractivity contribution in [1.29, 1.82) is 0 Å². The molecule has 0 bridgehead atoms. The summed E-state index contributed by atoms with van der Waals surface area (Å²) in [5, 5.41) is 9.39.